The maximum atomic E-state index is 14.4. The fourth-order valence-corrected chi connectivity index (χ4v) is 7.78. The minimum atomic E-state index is -4.43. The van der Waals surface area contributed by atoms with Crippen molar-refractivity contribution >= 4 is 56.4 Å². The van der Waals surface area contributed by atoms with Crippen molar-refractivity contribution in [1.82, 2.24) is 30.2 Å². The Morgan fingerprint density at radius 1 is 1.08 bits per heavy atom. The van der Waals surface area contributed by atoms with Gasteiger partial charge < -0.3 is 25.0 Å². The zero-order valence-corrected chi connectivity index (χ0v) is 30.8. The molecule has 4 amide bonds. The molecule has 3 aliphatic rings. The Morgan fingerprint density at radius 2 is 1.83 bits per heavy atom. The Hall–Kier alpha value is -4.61. The number of nitrogens with one attached hydrogen (secondary N) is 3. The lowest BCUT2D eigenvalue weighted by molar-refractivity contribution is -0.141. The molecule has 17 heteroatoms. The molecule has 1 aromatic carbocycles. The zero-order valence-electron chi connectivity index (χ0n) is 29.2. The predicted molar refractivity (Wildman–Crippen MR) is 193 cm³/mol. The number of rotatable bonds is 6. The van der Waals surface area contributed by atoms with E-state index in [9.17, 15) is 27.6 Å². The summed E-state index contributed by atoms with van der Waals surface area (Å²) in [6, 6.07) is 8.94. The van der Waals surface area contributed by atoms with Crippen molar-refractivity contribution in [2.24, 2.45) is 11.1 Å². The molecular formula is C35H43N7O8S2. The number of benzene rings is 1. The summed E-state index contributed by atoms with van der Waals surface area (Å²) in [5.74, 6) is -2.45. The van der Waals surface area contributed by atoms with Crippen LogP contribution in [0.5, 0.6) is 5.88 Å². The summed E-state index contributed by atoms with van der Waals surface area (Å²) in [4.78, 5) is 66.7. The Morgan fingerprint density at radius 3 is 2.52 bits per heavy atom. The standard InChI is InChI=1S/C35H43N7O8S2/c1-34(2,3)50-33(46)39-25-15-8-6-4-5-7-12-21-19-35(21,32(45)41-52(36,47)48)40-29(43)26-18-22(20-42(26)31(25)44)49-30-28(27-16-11-17-51-27)37-23-13-9-10-14-24(23)38-30/h7,9-14,16-17,21-22,25-26H,4-6,8,15,18-20H2,1-3H3,(H,39,46)(H,40,43)(H,41,45)(H2,36,47,48)/b12-7-/t21?,22-,25+,26+,35-/m1/s1. The van der Waals surface area contributed by atoms with Crippen molar-refractivity contribution in [3.05, 3.63) is 53.9 Å². The second kappa shape index (κ2) is 14.8. The molecule has 278 valence electrons. The minimum Gasteiger partial charge on any atom is -0.471 e. The molecule has 1 aliphatic carbocycles. The van der Waals surface area contributed by atoms with Crippen molar-refractivity contribution < 1.29 is 37.1 Å². The highest BCUT2D eigenvalue weighted by Crippen LogP contribution is 2.46. The zero-order chi connectivity index (χ0) is 37.3. The summed E-state index contributed by atoms with van der Waals surface area (Å²) in [5, 5.41) is 12.5. The number of allylic oxidation sites excluding steroid dienone is 1. The molecule has 1 saturated heterocycles. The first-order chi connectivity index (χ1) is 24.6. The van der Waals surface area contributed by atoms with Crippen LogP contribution in [-0.2, 0) is 29.3 Å². The van der Waals surface area contributed by atoms with Crippen molar-refractivity contribution in [1.29, 1.82) is 0 Å². The van der Waals surface area contributed by atoms with Gasteiger partial charge in [0.25, 0.3) is 16.1 Å². The lowest BCUT2D eigenvalue weighted by Gasteiger charge is -2.30. The van der Waals surface area contributed by atoms with Crippen molar-refractivity contribution in [3.63, 3.8) is 0 Å². The second-order valence-corrected chi connectivity index (χ2v) is 16.6. The molecule has 4 heterocycles. The monoisotopic (exact) mass is 753 g/mol. The number of carbonyl (C=O) groups excluding carboxylic acids is 4. The predicted octanol–water partition coefficient (Wildman–Crippen LogP) is 3.31. The van der Waals surface area contributed by atoms with E-state index in [1.54, 1.807) is 26.8 Å². The number of fused-ring (bicyclic) bond motifs is 3. The lowest BCUT2D eigenvalue weighted by atomic mass is 10.0. The highest BCUT2D eigenvalue weighted by atomic mass is 32.2. The van der Waals surface area contributed by atoms with Crippen LogP contribution in [0.2, 0.25) is 0 Å². The highest BCUT2D eigenvalue weighted by molar-refractivity contribution is 7.87. The minimum absolute atomic E-state index is 0.00249. The first-order valence-corrected chi connectivity index (χ1v) is 19.7. The topological polar surface area (TPSA) is 212 Å². The molecule has 3 aromatic rings. The van der Waals surface area contributed by atoms with E-state index in [1.807, 2.05) is 52.6 Å². The summed E-state index contributed by atoms with van der Waals surface area (Å²) in [6.45, 7) is 5.10. The van der Waals surface area contributed by atoms with Gasteiger partial charge in [-0.05, 0) is 70.0 Å². The molecule has 1 unspecified atom stereocenters. The lowest BCUT2D eigenvalue weighted by Crippen LogP contribution is -2.58. The third-order valence-corrected chi connectivity index (χ3v) is 10.5. The van der Waals surface area contributed by atoms with Gasteiger partial charge in [0.2, 0.25) is 17.7 Å². The molecule has 5 atom stereocenters. The highest BCUT2D eigenvalue weighted by Gasteiger charge is 2.61. The summed E-state index contributed by atoms with van der Waals surface area (Å²) in [7, 11) is -4.43. The largest absolute Gasteiger partial charge is 0.471 e. The third-order valence-electron chi connectivity index (χ3n) is 9.14. The molecule has 2 aromatic heterocycles. The van der Waals surface area contributed by atoms with Gasteiger partial charge in [-0.25, -0.2) is 24.6 Å². The van der Waals surface area contributed by atoms with Crippen LogP contribution in [-0.4, -0.2) is 83.0 Å². The summed E-state index contributed by atoms with van der Waals surface area (Å²) < 4.78 is 37.5. The van der Waals surface area contributed by atoms with Crippen LogP contribution in [0.4, 0.5) is 4.79 Å². The van der Waals surface area contributed by atoms with E-state index in [0.29, 0.717) is 36.0 Å². The van der Waals surface area contributed by atoms with Crippen LogP contribution in [0.3, 0.4) is 0 Å². The molecule has 0 radical (unpaired) electrons. The Kier molecular flexibility index (Phi) is 10.6. The number of aromatic nitrogens is 2. The fourth-order valence-electron chi connectivity index (χ4n) is 6.63. The summed E-state index contributed by atoms with van der Waals surface area (Å²) in [5.41, 5.74) is -0.652. The van der Waals surface area contributed by atoms with E-state index in [2.05, 4.69) is 10.6 Å². The number of hydrogen-bond acceptors (Lipinski definition) is 11. The quantitative estimate of drug-likeness (QED) is 0.270. The summed E-state index contributed by atoms with van der Waals surface area (Å²) >= 11 is 1.46. The second-order valence-electron chi connectivity index (χ2n) is 14.3. The SMILES string of the molecule is CC(C)(C)OC(=O)N[C@H]1CCCCC/C=C\C2C[C@@]2(C(=O)NS(N)(=O)=O)NC(=O)[C@@H]2C[C@@H](Oc3nc4ccccc4nc3-c3cccs3)CN2C1=O. The average Bonchev–Trinajstić information content (AvgIpc) is 3.37. The number of amides is 4. The van der Waals surface area contributed by atoms with Gasteiger partial charge in [-0.2, -0.15) is 8.42 Å². The molecule has 2 fully saturated rings. The van der Waals surface area contributed by atoms with Crippen LogP contribution in [0.25, 0.3) is 21.6 Å². The number of para-hydroxylation sites is 2. The molecule has 52 heavy (non-hydrogen) atoms. The van der Waals surface area contributed by atoms with Crippen molar-refractivity contribution in [2.75, 3.05) is 6.54 Å². The Balaban J connectivity index is 1.34. The number of thiophene rings is 1. The van der Waals surface area contributed by atoms with Gasteiger partial charge in [0.15, 0.2) is 0 Å². The van der Waals surface area contributed by atoms with Gasteiger partial charge in [0.1, 0.15) is 35.0 Å². The molecule has 6 rings (SSSR count). The number of ether oxygens (including phenoxy) is 2. The number of hydrogen-bond donors (Lipinski definition) is 4. The number of nitrogens with zero attached hydrogens (tertiary/aromatic N) is 3. The maximum absolute atomic E-state index is 14.4. The average molecular weight is 754 g/mol. The smallest absolute Gasteiger partial charge is 0.408 e. The number of carbonyl (C=O) groups is 4. The molecule has 0 spiro atoms. The van der Waals surface area contributed by atoms with Gasteiger partial charge in [-0.1, -0.05) is 43.2 Å². The molecule has 5 N–H and O–H groups in total. The number of nitrogens with two attached hydrogens (primary N) is 1. The van der Waals surface area contributed by atoms with E-state index >= 15 is 0 Å². The first kappa shape index (κ1) is 37.2. The van der Waals surface area contributed by atoms with Gasteiger partial charge in [0.05, 0.1) is 22.5 Å². The molecular weight excluding hydrogens is 711 g/mol. The van der Waals surface area contributed by atoms with Crippen LogP contribution < -0.4 is 25.2 Å². The van der Waals surface area contributed by atoms with E-state index in [0.717, 1.165) is 17.7 Å². The van der Waals surface area contributed by atoms with E-state index in [-0.39, 0.29) is 25.3 Å². The molecule has 0 bridgehead atoms. The molecule has 15 nitrogen and oxygen atoms in total. The van der Waals surface area contributed by atoms with Crippen LogP contribution in [0, 0.1) is 5.92 Å². The van der Waals surface area contributed by atoms with Crippen molar-refractivity contribution in [3.8, 4) is 16.5 Å². The van der Waals surface area contributed by atoms with E-state index < -0.39 is 69.3 Å². The van der Waals surface area contributed by atoms with Crippen LogP contribution in [0.15, 0.2) is 53.9 Å². The van der Waals surface area contributed by atoms with Crippen LogP contribution >= 0.6 is 11.3 Å². The summed E-state index contributed by atoms with van der Waals surface area (Å²) in [6.07, 6.45) is 5.37. The van der Waals surface area contributed by atoms with Gasteiger partial charge in [0, 0.05) is 12.3 Å². The van der Waals surface area contributed by atoms with Gasteiger partial charge >= 0.3 is 6.09 Å². The van der Waals surface area contributed by atoms with Crippen molar-refractivity contribution in [2.45, 2.75) is 95.0 Å². The molecule has 2 aliphatic heterocycles. The Bertz CT molecular complexity index is 1980. The Labute approximate surface area is 305 Å². The number of alkyl carbamates (subject to hydrolysis) is 1. The van der Waals surface area contributed by atoms with Crippen LogP contribution in [0.1, 0.15) is 65.7 Å². The maximum Gasteiger partial charge on any atom is 0.408 e. The van der Waals surface area contributed by atoms with E-state index in [4.69, 9.17) is 24.6 Å². The molecule has 1 saturated carbocycles. The van der Waals surface area contributed by atoms with Gasteiger partial charge in [-0.3, -0.25) is 14.4 Å². The normalized spacial score (nSPS) is 26.2. The fraction of sp³-hybridized carbons (Fsp3) is 0.486. The first-order valence-electron chi connectivity index (χ1n) is 17.2. The van der Waals surface area contributed by atoms with Gasteiger partial charge in [-0.15, -0.1) is 11.3 Å². The van der Waals surface area contributed by atoms with E-state index in [1.165, 1.54) is 16.2 Å². The third kappa shape index (κ3) is 8.70.